The molecule has 3 N–H and O–H groups in total. The lowest BCUT2D eigenvalue weighted by Crippen LogP contribution is -2.67. The van der Waals surface area contributed by atoms with Crippen LogP contribution in [0.5, 0.6) is 0 Å². The van der Waals surface area contributed by atoms with Crippen LogP contribution in [0.15, 0.2) is 72.9 Å². The number of carbonyl (C=O) groups excluding carboxylic acids is 1. The monoisotopic (exact) mass is 478 g/mol. The van der Waals surface area contributed by atoms with Gasteiger partial charge in [-0.2, -0.15) is 4.98 Å². The molecule has 0 fully saturated rings. The van der Waals surface area contributed by atoms with Gasteiger partial charge in [0.05, 0.1) is 6.61 Å². The van der Waals surface area contributed by atoms with Gasteiger partial charge < -0.3 is 14.8 Å². The van der Waals surface area contributed by atoms with Gasteiger partial charge in [0.1, 0.15) is 11.9 Å². The van der Waals surface area contributed by atoms with Crippen molar-refractivity contribution in [3.05, 3.63) is 72.9 Å². The average Bonchev–Trinajstić information content (AvgIpc) is 2.79. The maximum atomic E-state index is 12.2. The Morgan fingerprint density at radius 3 is 2.03 bits per heavy atom. The molecule has 1 aromatic heterocycles. The molecule has 2 aromatic carbocycles. The molecule has 0 saturated carbocycles. The molecule has 1 heterocycles. The second kappa shape index (κ2) is 10.6. The number of carbonyl (C=O) groups is 2. The number of carboxylic acids is 1. The first-order valence-electron chi connectivity index (χ1n) is 11.0. The second-order valence-corrected chi connectivity index (χ2v) is 13.3. The number of aromatic nitrogens is 2. The number of benzene rings is 2. The summed E-state index contributed by atoms with van der Waals surface area (Å²) in [5.74, 6) is -1.02. The maximum Gasteiger partial charge on any atom is 0.328 e. The average molecular weight is 479 g/mol. The van der Waals surface area contributed by atoms with Crippen molar-refractivity contribution >= 4 is 42.3 Å². The van der Waals surface area contributed by atoms with Crippen LogP contribution in [0.2, 0.25) is 5.04 Å². The van der Waals surface area contributed by atoms with E-state index in [0.717, 1.165) is 10.4 Å². The summed E-state index contributed by atoms with van der Waals surface area (Å²) in [7, 11) is -2.90. The number of aliphatic carboxylic acids is 1. The van der Waals surface area contributed by atoms with Gasteiger partial charge in [0.2, 0.25) is 11.9 Å². The Morgan fingerprint density at radius 2 is 1.56 bits per heavy atom. The molecule has 0 saturated heterocycles. The Balaban J connectivity index is 1.96. The highest BCUT2D eigenvalue weighted by atomic mass is 28.4. The Kier molecular flexibility index (Phi) is 7.80. The molecular formula is C25H30N4O4Si. The van der Waals surface area contributed by atoms with Crippen LogP contribution in [0.3, 0.4) is 0 Å². The fraction of sp³-hybridized carbons (Fsp3) is 0.280. The van der Waals surface area contributed by atoms with Gasteiger partial charge in [-0.1, -0.05) is 81.4 Å². The van der Waals surface area contributed by atoms with Gasteiger partial charge in [-0.05, 0) is 21.5 Å². The standard InChI is InChI=1S/C25H30N4O4Si/c1-18(30)27-24-26-16-15-22(29-24)28-21(23(31)32)17-33-34(25(2,3)4,19-11-7-5-8-12-19)20-13-9-6-10-14-20/h5-16,21H,17H2,1-4H3,(H,31,32)(H2,26,27,28,29,30)/t21-/m1/s1. The summed E-state index contributed by atoms with van der Waals surface area (Å²) < 4.78 is 6.74. The van der Waals surface area contributed by atoms with Crippen LogP contribution in [0.25, 0.3) is 0 Å². The van der Waals surface area contributed by atoms with E-state index in [2.05, 4.69) is 65.6 Å². The Hall–Kier alpha value is -3.56. The van der Waals surface area contributed by atoms with E-state index in [-0.39, 0.29) is 29.3 Å². The van der Waals surface area contributed by atoms with E-state index in [9.17, 15) is 14.7 Å². The number of carboxylic acid groups (broad SMARTS) is 1. The molecule has 3 rings (SSSR count). The zero-order chi connectivity index (χ0) is 24.8. The minimum absolute atomic E-state index is 0.0813. The first-order valence-corrected chi connectivity index (χ1v) is 12.9. The van der Waals surface area contributed by atoms with Crippen molar-refractivity contribution in [2.75, 3.05) is 17.2 Å². The van der Waals surface area contributed by atoms with Crippen LogP contribution >= 0.6 is 0 Å². The zero-order valence-corrected chi connectivity index (χ0v) is 20.8. The number of rotatable bonds is 9. The molecule has 178 valence electrons. The van der Waals surface area contributed by atoms with Crippen LogP contribution in [-0.2, 0) is 14.0 Å². The van der Waals surface area contributed by atoms with Crippen LogP contribution < -0.4 is 21.0 Å². The fourth-order valence-corrected chi connectivity index (χ4v) is 8.55. The largest absolute Gasteiger partial charge is 0.480 e. The van der Waals surface area contributed by atoms with Crippen molar-refractivity contribution in [3.63, 3.8) is 0 Å². The Morgan fingerprint density at radius 1 is 1.00 bits per heavy atom. The minimum Gasteiger partial charge on any atom is -0.480 e. The van der Waals surface area contributed by atoms with Crippen LogP contribution in [0, 0.1) is 0 Å². The molecule has 0 aliphatic carbocycles. The summed E-state index contributed by atoms with van der Waals surface area (Å²) in [4.78, 5) is 31.6. The van der Waals surface area contributed by atoms with E-state index >= 15 is 0 Å². The molecule has 9 heteroatoms. The van der Waals surface area contributed by atoms with Gasteiger partial charge in [-0.15, -0.1) is 0 Å². The van der Waals surface area contributed by atoms with Crippen molar-refractivity contribution < 1.29 is 19.1 Å². The van der Waals surface area contributed by atoms with Crippen LogP contribution in [-0.4, -0.2) is 47.9 Å². The highest BCUT2D eigenvalue weighted by molar-refractivity contribution is 6.99. The number of hydrogen-bond donors (Lipinski definition) is 3. The fourth-order valence-electron chi connectivity index (χ4n) is 3.98. The number of nitrogens with zero attached hydrogens (tertiary/aromatic N) is 2. The third-order valence-corrected chi connectivity index (χ3v) is 10.5. The first kappa shape index (κ1) is 25.1. The Bertz CT molecular complexity index is 1080. The molecule has 0 unspecified atom stereocenters. The van der Waals surface area contributed by atoms with Crippen molar-refractivity contribution in [2.45, 2.75) is 38.8 Å². The third-order valence-electron chi connectivity index (χ3n) is 5.45. The molecule has 34 heavy (non-hydrogen) atoms. The summed E-state index contributed by atoms with van der Waals surface area (Å²) >= 11 is 0. The first-order chi connectivity index (χ1) is 16.1. The molecule has 0 aliphatic rings. The van der Waals surface area contributed by atoms with Crippen molar-refractivity contribution in [1.29, 1.82) is 0 Å². The smallest absolute Gasteiger partial charge is 0.328 e. The molecule has 3 aromatic rings. The van der Waals surface area contributed by atoms with Crippen molar-refractivity contribution in [2.24, 2.45) is 0 Å². The van der Waals surface area contributed by atoms with Gasteiger partial charge >= 0.3 is 5.97 Å². The lowest BCUT2D eigenvalue weighted by molar-refractivity contribution is -0.138. The quantitative estimate of drug-likeness (QED) is 0.405. The highest BCUT2D eigenvalue weighted by Crippen LogP contribution is 2.36. The lowest BCUT2D eigenvalue weighted by atomic mass is 10.2. The van der Waals surface area contributed by atoms with Crippen LogP contribution in [0.4, 0.5) is 11.8 Å². The number of hydrogen-bond acceptors (Lipinski definition) is 6. The number of anilines is 2. The third kappa shape index (κ3) is 5.67. The van der Waals surface area contributed by atoms with Gasteiger partial charge in [-0.25, -0.2) is 9.78 Å². The van der Waals surface area contributed by atoms with Gasteiger partial charge in [-0.3, -0.25) is 10.1 Å². The summed E-state index contributed by atoms with van der Waals surface area (Å²) in [6, 6.07) is 20.5. The maximum absolute atomic E-state index is 12.2. The second-order valence-electron chi connectivity index (χ2n) is 8.96. The Labute approximate surface area is 200 Å². The van der Waals surface area contributed by atoms with E-state index in [1.54, 1.807) is 6.07 Å². The minimum atomic E-state index is -2.90. The zero-order valence-electron chi connectivity index (χ0n) is 19.8. The molecule has 8 nitrogen and oxygen atoms in total. The molecule has 0 radical (unpaired) electrons. The predicted octanol–water partition coefficient (Wildman–Crippen LogP) is 2.88. The number of amides is 1. The molecule has 1 atom stereocenters. The van der Waals surface area contributed by atoms with Gasteiger partial charge in [0.15, 0.2) is 0 Å². The van der Waals surface area contributed by atoms with Crippen LogP contribution in [0.1, 0.15) is 27.7 Å². The van der Waals surface area contributed by atoms with E-state index in [1.807, 2.05) is 36.4 Å². The summed E-state index contributed by atoms with van der Waals surface area (Å²) in [5.41, 5.74) is 0. The van der Waals surface area contributed by atoms with Crippen molar-refractivity contribution in [3.8, 4) is 0 Å². The molecular weight excluding hydrogens is 448 g/mol. The number of nitrogens with one attached hydrogen (secondary N) is 2. The lowest BCUT2D eigenvalue weighted by Gasteiger charge is -2.43. The molecule has 0 aliphatic heterocycles. The SMILES string of the molecule is CC(=O)Nc1nccc(N[C@H](CO[Si](c2ccccc2)(c2ccccc2)C(C)(C)C)C(=O)O)n1. The van der Waals surface area contributed by atoms with E-state index < -0.39 is 20.3 Å². The molecule has 0 bridgehead atoms. The van der Waals surface area contributed by atoms with E-state index in [4.69, 9.17) is 4.43 Å². The summed E-state index contributed by atoms with van der Waals surface area (Å²) in [6.07, 6.45) is 1.45. The highest BCUT2D eigenvalue weighted by Gasteiger charge is 2.50. The van der Waals surface area contributed by atoms with Crippen molar-refractivity contribution in [1.82, 2.24) is 9.97 Å². The predicted molar refractivity (Wildman–Crippen MR) is 135 cm³/mol. The van der Waals surface area contributed by atoms with E-state index in [1.165, 1.54) is 13.1 Å². The summed E-state index contributed by atoms with van der Waals surface area (Å²) in [5, 5.41) is 17.2. The molecule has 0 spiro atoms. The van der Waals surface area contributed by atoms with Gasteiger partial charge in [0, 0.05) is 13.1 Å². The topological polar surface area (TPSA) is 113 Å². The van der Waals surface area contributed by atoms with Gasteiger partial charge in [0.25, 0.3) is 8.32 Å². The summed E-state index contributed by atoms with van der Waals surface area (Å²) in [6.45, 7) is 7.66. The molecule has 1 amide bonds. The van der Waals surface area contributed by atoms with E-state index in [0.29, 0.717) is 0 Å². The normalized spacial score (nSPS) is 12.6.